The van der Waals surface area contributed by atoms with E-state index in [1.807, 2.05) is 35.3 Å². The number of ether oxygens (including phenoxy) is 2. The molecule has 32 heavy (non-hydrogen) atoms. The highest BCUT2D eigenvalue weighted by Crippen LogP contribution is 2.18. The molecule has 6 nitrogen and oxygen atoms in total. The predicted molar refractivity (Wildman–Crippen MR) is 128 cm³/mol. The molecule has 2 aromatic rings. The summed E-state index contributed by atoms with van der Waals surface area (Å²) in [6, 6.07) is 18.0. The van der Waals surface area contributed by atoms with E-state index in [0.29, 0.717) is 26.1 Å². The molecule has 1 aliphatic rings. The van der Waals surface area contributed by atoms with Crippen molar-refractivity contribution in [3.63, 3.8) is 0 Å². The van der Waals surface area contributed by atoms with E-state index >= 15 is 0 Å². The Hall–Kier alpha value is -2.57. The van der Waals surface area contributed by atoms with Crippen LogP contribution >= 0.6 is 0 Å². The highest BCUT2D eigenvalue weighted by Gasteiger charge is 2.31. The highest BCUT2D eigenvalue weighted by molar-refractivity contribution is 5.74. The molecule has 3 rings (SSSR count). The van der Waals surface area contributed by atoms with E-state index in [4.69, 9.17) is 9.47 Å². The molecule has 2 atom stereocenters. The molecular weight excluding hydrogens is 402 g/mol. The summed E-state index contributed by atoms with van der Waals surface area (Å²) in [7, 11) is 0. The summed E-state index contributed by atoms with van der Waals surface area (Å²) in [6.45, 7) is 7.01. The number of unbranched alkanes of at least 4 members (excludes halogenated alkanes) is 2. The minimum Gasteiger partial charge on any atom is -0.494 e. The smallest absolute Gasteiger partial charge is 0.329 e. The zero-order valence-corrected chi connectivity index (χ0v) is 19.4. The largest absolute Gasteiger partial charge is 0.494 e. The molecule has 2 aromatic carbocycles. The fraction of sp³-hybridized carbons (Fsp3) is 0.500. The van der Waals surface area contributed by atoms with Crippen LogP contribution in [0.5, 0.6) is 5.75 Å². The molecule has 0 saturated carbocycles. The molecule has 0 bridgehead atoms. The number of hydrazine groups is 1. The third-order valence-corrected chi connectivity index (χ3v) is 5.62. The third-order valence-electron chi connectivity index (χ3n) is 5.62. The summed E-state index contributed by atoms with van der Waals surface area (Å²) >= 11 is 0. The number of hydrogen-bond donors (Lipinski definition) is 2. The number of nitrogens with one attached hydrogen (secondary N) is 2. The van der Waals surface area contributed by atoms with Crippen molar-refractivity contribution in [3.05, 3.63) is 65.7 Å². The van der Waals surface area contributed by atoms with E-state index in [1.165, 1.54) is 0 Å². The van der Waals surface area contributed by atoms with Gasteiger partial charge in [-0.2, -0.15) is 0 Å². The highest BCUT2D eigenvalue weighted by atomic mass is 16.5. The molecule has 1 saturated heterocycles. The average molecular weight is 440 g/mol. The van der Waals surface area contributed by atoms with Gasteiger partial charge in [-0.25, -0.2) is 9.80 Å². The van der Waals surface area contributed by atoms with Gasteiger partial charge in [0.05, 0.1) is 18.8 Å². The van der Waals surface area contributed by atoms with E-state index < -0.39 is 0 Å². The van der Waals surface area contributed by atoms with Crippen LogP contribution in [0.2, 0.25) is 0 Å². The minimum absolute atomic E-state index is 0.107. The zero-order chi connectivity index (χ0) is 22.6. The Bertz CT molecular complexity index is 798. The van der Waals surface area contributed by atoms with Crippen LogP contribution in [-0.4, -0.2) is 42.9 Å². The number of carbonyl (C=O) groups is 1. The molecule has 1 heterocycles. The van der Waals surface area contributed by atoms with Gasteiger partial charge in [-0.1, -0.05) is 69.2 Å². The Labute approximate surface area is 192 Å². The number of benzene rings is 2. The average Bonchev–Trinajstić information content (AvgIpc) is 2.94. The quantitative estimate of drug-likeness (QED) is 0.471. The van der Waals surface area contributed by atoms with Crippen LogP contribution in [0.25, 0.3) is 0 Å². The van der Waals surface area contributed by atoms with Crippen molar-refractivity contribution in [1.82, 2.24) is 15.8 Å². The molecule has 1 aliphatic heterocycles. The normalized spacial score (nSPS) is 19.1. The predicted octanol–water partition coefficient (Wildman–Crippen LogP) is 4.69. The van der Waals surface area contributed by atoms with Gasteiger partial charge in [0.1, 0.15) is 5.75 Å². The summed E-state index contributed by atoms with van der Waals surface area (Å²) in [4.78, 5) is 12.6. The molecule has 0 aliphatic carbocycles. The van der Waals surface area contributed by atoms with Gasteiger partial charge in [0, 0.05) is 19.7 Å². The maximum atomic E-state index is 12.6. The summed E-state index contributed by atoms with van der Waals surface area (Å²) in [5, 5.41) is 5.08. The minimum atomic E-state index is -0.188. The monoisotopic (exact) mass is 439 g/mol. The van der Waals surface area contributed by atoms with Crippen molar-refractivity contribution in [2.45, 2.75) is 64.6 Å². The summed E-state index contributed by atoms with van der Waals surface area (Å²) in [6.07, 6.45) is 4.86. The molecule has 6 heteroatoms. The summed E-state index contributed by atoms with van der Waals surface area (Å²) in [5.41, 5.74) is 5.29. The van der Waals surface area contributed by atoms with Gasteiger partial charge in [0.25, 0.3) is 0 Å². The number of carbonyl (C=O) groups excluding carboxylic acids is 1. The van der Waals surface area contributed by atoms with Crippen molar-refractivity contribution in [2.75, 3.05) is 19.8 Å². The van der Waals surface area contributed by atoms with E-state index in [9.17, 15) is 4.79 Å². The van der Waals surface area contributed by atoms with Gasteiger partial charge in [-0.05, 0) is 42.5 Å². The number of nitrogens with zero attached hydrogens (tertiary/aromatic N) is 1. The molecule has 2 N–H and O–H groups in total. The first kappa shape index (κ1) is 24.1. The maximum Gasteiger partial charge on any atom is 0.329 e. The van der Waals surface area contributed by atoms with Gasteiger partial charge < -0.3 is 14.8 Å². The van der Waals surface area contributed by atoms with Gasteiger partial charge in [0.2, 0.25) is 0 Å². The van der Waals surface area contributed by atoms with Crippen LogP contribution in [0.3, 0.4) is 0 Å². The van der Waals surface area contributed by atoms with Crippen LogP contribution in [0.1, 0.15) is 50.7 Å². The molecule has 0 aromatic heterocycles. The van der Waals surface area contributed by atoms with Crippen LogP contribution in [-0.2, 0) is 17.7 Å². The summed E-state index contributed by atoms with van der Waals surface area (Å²) < 4.78 is 12.0. The molecular formula is C26H37N3O3. The van der Waals surface area contributed by atoms with E-state index in [-0.39, 0.29) is 18.2 Å². The van der Waals surface area contributed by atoms with Crippen molar-refractivity contribution in [3.8, 4) is 5.75 Å². The van der Waals surface area contributed by atoms with Crippen LogP contribution in [0.4, 0.5) is 4.79 Å². The Balaban J connectivity index is 1.67. The van der Waals surface area contributed by atoms with Crippen LogP contribution in [0.15, 0.2) is 54.6 Å². The Morgan fingerprint density at radius 3 is 2.38 bits per heavy atom. The second-order valence-electron chi connectivity index (χ2n) is 8.37. The molecule has 0 radical (unpaired) electrons. The fourth-order valence-corrected chi connectivity index (χ4v) is 3.78. The fourth-order valence-electron chi connectivity index (χ4n) is 3.78. The van der Waals surface area contributed by atoms with E-state index in [0.717, 1.165) is 49.2 Å². The lowest BCUT2D eigenvalue weighted by Gasteiger charge is -2.28. The lowest BCUT2D eigenvalue weighted by molar-refractivity contribution is 0.00442. The first-order valence-electron chi connectivity index (χ1n) is 11.9. The molecule has 1 fully saturated rings. The molecule has 174 valence electrons. The SMILES string of the molecule is CCCCOc1ccc(C[C@H]2NC(=O)NN(Cc3ccccc3)C[C@H]2OCCCC)cc1. The lowest BCUT2D eigenvalue weighted by atomic mass is 10.0. The van der Waals surface area contributed by atoms with Crippen molar-refractivity contribution in [2.24, 2.45) is 0 Å². The van der Waals surface area contributed by atoms with Crippen molar-refractivity contribution < 1.29 is 14.3 Å². The van der Waals surface area contributed by atoms with Gasteiger partial charge in [-0.3, -0.25) is 5.43 Å². The van der Waals surface area contributed by atoms with Crippen LogP contribution in [0, 0.1) is 0 Å². The third kappa shape index (κ3) is 7.84. The van der Waals surface area contributed by atoms with Crippen LogP contribution < -0.4 is 15.5 Å². The Morgan fingerprint density at radius 2 is 1.66 bits per heavy atom. The Kier molecular flexibility index (Phi) is 9.85. The summed E-state index contributed by atoms with van der Waals surface area (Å²) in [5.74, 6) is 0.888. The second-order valence-corrected chi connectivity index (χ2v) is 8.37. The molecule has 0 unspecified atom stereocenters. The number of urea groups is 1. The molecule has 0 spiro atoms. The lowest BCUT2D eigenvalue weighted by Crippen LogP contribution is -2.46. The van der Waals surface area contributed by atoms with Crippen molar-refractivity contribution in [1.29, 1.82) is 0 Å². The number of rotatable bonds is 12. The van der Waals surface area contributed by atoms with E-state index in [2.05, 4.69) is 48.9 Å². The van der Waals surface area contributed by atoms with Gasteiger partial charge in [0.15, 0.2) is 0 Å². The topological polar surface area (TPSA) is 62.8 Å². The number of amides is 2. The zero-order valence-electron chi connectivity index (χ0n) is 19.4. The first-order chi connectivity index (χ1) is 15.7. The number of hydrogen-bond acceptors (Lipinski definition) is 4. The van der Waals surface area contributed by atoms with Crippen molar-refractivity contribution >= 4 is 6.03 Å². The molecule has 2 amide bonds. The van der Waals surface area contributed by atoms with Gasteiger partial charge >= 0.3 is 6.03 Å². The Morgan fingerprint density at radius 1 is 0.938 bits per heavy atom. The van der Waals surface area contributed by atoms with E-state index in [1.54, 1.807) is 0 Å². The maximum absolute atomic E-state index is 12.6. The first-order valence-corrected chi connectivity index (χ1v) is 11.9. The standard InChI is InChI=1S/C26H37N3O3/c1-3-5-16-31-23-14-12-21(13-15-23)18-24-25(32-17-6-4-2)20-29(28-26(30)27-24)19-22-10-8-7-9-11-22/h7-15,24-25H,3-6,16-20H2,1-2H3,(H2,27,28,30)/t24-,25-/m1/s1. The van der Waals surface area contributed by atoms with Gasteiger partial charge in [-0.15, -0.1) is 0 Å². The second kappa shape index (κ2) is 13.1.